The molecule has 2 aromatic carbocycles. The summed E-state index contributed by atoms with van der Waals surface area (Å²) in [6.07, 6.45) is 0. The Hall–Kier alpha value is -2.31. The fourth-order valence-corrected chi connectivity index (χ4v) is 4.78. The minimum absolute atomic E-state index is 0.00313. The first-order valence-corrected chi connectivity index (χ1v) is 9.48. The normalized spacial score (nSPS) is 24.1. The maximum atomic E-state index is 12.6. The third kappa shape index (κ3) is 2.79. The molecule has 5 nitrogen and oxygen atoms in total. The van der Waals surface area contributed by atoms with E-state index in [0.29, 0.717) is 5.75 Å². The van der Waals surface area contributed by atoms with Crippen LogP contribution in [0, 0.1) is 0 Å². The molecule has 6 heteroatoms. The van der Waals surface area contributed by atoms with Crippen LogP contribution in [0.4, 0.5) is 0 Å². The first kappa shape index (κ1) is 17.1. The first-order valence-electron chi connectivity index (χ1n) is 8.49. The standard InChI is InChI=1S/C20H19NO4S/c1-20(21-17(11-26-20)18(22)23)19(24)25-10-16-14-8-4-2-6-12(14)13-7-3-5-9-15(13)16/h2-9,16-17,21H,10-11H2,1H3,(H,22,23)/t17-,20?/m1/s1. The molecule has 2 atom stereocenters. The van der Waals surface area contributed by atoms with Crippen LogP contribution in [-0.2, 0) is 14.3 Å². The average Bonchev–Trinajstić information content (AvgIpc) is 3.20. The van der Waals surface area contributed by atoms with Gasteiger partial charge < -0.3 is 9.84 Å². The predicted octanol–water partition coefficient (Wildman–Crippen LogP) is 2.85. The lowest BCUT2D eigenvalue weighted by molar-refractivity contribution is -0.148. The van der Waals surface area contributed by atoms with Gasteiger partial charge in [0.2, 0.25) is 0 Å². The molecular formula is C20H19NO4S. The molecule has 4 rings (SSSR count). The molecule has 2 N–H and O–H groups in total. The zero-order chi connectivity index (χ0) is 18.3. The third-order valence-electron chi connectivity index (χ3n) is 5.02. The minimum atomic E-state index is -1.03. The third-order valence-corrected chi connectivity index (χ3v) is 6.38. The molecule has 0 aromatic heterocycles. The predicted molar refractivity (Wildman–Crippen MR) is 100 cm³/mol. The number of rotatable bonds is 4. The van der Waals surface area contributed by atoms with Gasteiger partial charge in [0.15, 0.2) is 4.87 Å². The number of benzene rings is 2. The molecule has 1 aliphatic heterocycles. The molecule has 134 valence electrons. The van der Waals surface area contributed by atoms with Crippen molar-refractivity contribution in [2.24, 2.45) is 0 Å². The van der Waals surface area contributed by atoms with Gasteiger partial charge in [-0.15, -0.1) is 11.8 Å². The summed E-state index contributed by atoms with van der Waals surface area (Å²) in [4.78, 5) is 22.7. The number of fused-ring (bicyclic) bond motifs is 3. The summed E-state index contributed by atoms with van der Waals surface area (Å²) in [5, 5.41) is 12.0. The monoisotopic (exact) mass is 369 g/mol. The Kier molecular flexibility index (Phi) is 4.25. The summed E-state index contributed by atoms with van der Waals surface area (Å²) in [6, 6.07) is 15.6. The van der Waals surface area contributed by atoms with Crippen molar-refractivity contribution in [1.82, 2.24) is 5.32 Å². The molecule has 2 aliphatic rings. The number of carboxylic acids is 1. The molecule has 0 bridgehead atoms. The molecule has 0 amide bonds. The van der Waals surface area contributed by atoms with E-state index < -0.39 is 22.9 Å². The highest BCUT2D eigenvalue weighted by atomic mass is 32.2. The van der Waals surface area contributed by atoms with Gasteiger partial charge in [-0.3, -0.25) is 10.1 Å². The lowest BCUT2D eigenvalue weighted by Gasteiger charge is -2.23. The van der Waals surface area contributed by atoms with E-state index in [0.717, 1.165) is 11.1 Å². The second-order valence-electron chi connectivity index (χ2n) is 6.70. The van der Waals surface area contributed by atoms with E-state index in [-0.39, 0.29) is 12.5 Å². The van der Waals surface area contributed by atoms with Crippen molar-refractivity contribution in [2.45, 2.75) is 23.8 Å². The van der Waals surface area contributed by atoms with Crippen molar-refractivity contribution < 1.29 is 19.4 Å². The van der Waals surface area contributed by atoms with Gasteiger partial charge in [0.05, 0.1) is 0 Å². The van der Waals surface area contributed by atoms with E-state index >= 15 is 0 Å². The molecule has 1 aliphatic carbocycles. The number of carbonyl (C=O) groups is 2. The quantitative estimate of drug-likeness (QED) is 0.807. The molecule has 1 heterocycles. The molecule has 1 unspecified atom stereocenters. The molecule has 2 aromatic rings. The number of carboxylic acid groups (broad SMARTS) is 1. The maximum Gasteiger partial charge on any atom is 0.336 e. The van der Waals surface area contributed by atoms with Gasteiger partial charge in [-0.25, -0.2) is 4.79 Å². The number of thioether (sulfide) groups is 1. The van der Waals surface area contributed by atoms with Crippen LogP contribution in [-0.4, -0.2) is 40.3 Å². The smallest absolute Gasteiger partial charge is 0.336 e. The van der Waals surface area contributed by atoms with Crippen LogP contribution in [0.1, 0.15) is 24.0 Å². The van der Waals surface area contributed by atoms with Gasteiger partial charge in [-0.05, 0) is 29.2 Å². The summed E-state index contributed by atoms with van der Waals surface area (Å²) in [5.74, 6) is -1.03. The van der Waals surface area contributed by atoms with E-state index in [2.05, 4.69) is 29.6 Å². The van der Waals surface area contributed by atoms with Crippen molar-refractivity contribution in [3.8, 4) is 11.1 Å². The Morgan fingerprint density at radius 3 is 2.27 bits per heavy atom. The second kappa shape index (κ2) is 6.45. The Bertz CT molecular complexity index is 838. The van der Waals surface area contributed by atoms with Crippen molar-refractivity contribution >= 4 is 23.7 Å². The van der Waals surface area contributed by atoms with E-state index in [9.17, 15) is 9.59 Å². The number of esters is 1. The van der Waals surface area contributed by atoms with Gasteiger partial charge in [0.1, 0.15) is 12.6 Å². The Labute approximate surface area is 155 Å². The fraction of sp³-hybridized carbons (Fsp3) is 0.300. The van der Waals surface area contributed by atoms with Gasteiger partial charge in [-0.2, -0.15) is 0 Å². The van der Waals surface area contributed by atoms with Gasteiger partial charge in [0.25, 0.3) is 0 Å². The van der Waals surface area contributed by atoms with Gasteiger partial charge in [0, 0.05) is 11.7 Å². The van der Waals surface area contributed by atoms with E-state index in [4.69, 9.17) is 9.84 Å². The van der Waals surface area contributed by atoms with Crippen LogP contribution in [0.15, 0.2) is 48.5 Å². The molecule has 0 saturated carbocycles. The maximum absolute atomic E-state index is 12.6. The van der Waals surface area contributed by atoms with Crippen LogP contribution >= 0.6 is 11.8 Å². The fourth-order valence-electron chi connectivity index (χ4n) is 3.65. The molecule has 26 heavy (non-hydrogen) atoms. The number of nitrogens with one attached hydrogen (secondary N) is 1. The lowest BCUT2D eigenvalue weighted by atomic mass is 9.98. The van der Waals surface area contributed by atoms with Crippen molar-refractivity contribution in [3.05, 3.63) is 59.7 Å². The topological polar surface area (TPSA) is 75.6 Å². The zero-order valence-electron chi connectivity index (χ0n) is 14.3. The van der Waals surface area contributed by atoms with Crippen molar-refractivity contribution in [3.63, 3.8) is 0 Å². The zero-order valence-corrected chi connectivity index (χ0v) is 15.1. The van der Waals surface area contributed by atoms with E-state index in [1.54, 1.807) is 6.92 Å². The van der Waals surface area contributed by atoms with E-state index in [1.807, 2.05) is 24.3 Å². The Morgan fingerprint density at radius 1 is 1.15 bits per heavy atom. The van der Waals surface area contributed by atoms with Crippen molar-refractivity contribution in [2.75, 3.05) is 12.4 Å². The highest BCUT2D eigenvalue weighted by Crippen LogP contribution is 2.44. The van der Waals surface area contributed by atoms with Gasteiger partial charge in [-0.1, -0.05) is 48.5 Å². The summed E-state index contributed by atoms with van der Waals surface area (Å²) >= 11 is 1.28. The lowest BCUT2D eigenvalue weighted by Crippen LogP contribution is -2.49. The Morgan fingerprint density at radius 2 is 1.73 bits per heavy atom. The average molecular weight is 369 g/mol. The number of carbonyl (C=O) groups excluding carboxylic acids is 1. The van der Waals surface area contributed by atoms with Crippen LogP contribution in [0.2, 0.25) is 0 Å². The second-order valence-corrected chi connectivity index (χ2v) is 8.14. The number of hydrogen-bond acceptors (Lipinski definition) is 5. The number of hydrogen-bond donors (Lipinski definition) is 2. The SMILES string of the molecule is CC1(C(=O)OCC2c3ccccc3-c3ccccc32)N[C@@H](C(=O)O)CS1. The number of aliphatic carboxylic acids is 1. The molecule has 0 radical (unpaired) electrons. The molecule has 0 spiro atoms. The summed E-state index contributed by atoms with van der Waals surface area (Å²) < 4.78 is 5.64. The van der Waals surface area contributed by atoms with Gasteiger partial charge >= 0.3 is 11.9 Å². The highest BCUT2D eigenvalue weighted by molar-refractivity contribution is 8.01. The van der Waals surface area contributed by atoms with Crippen LogP contribution in [0.25, 0.3) is 11.1 Å². The largest absolute Gasteiger partial charge is 0.480 e. The number of ether oxygens (including phenoxy) is 1. The van der Waals surface area contributed by atoms with Crippen molar-refractivity contribution in [1.29, 1.82) is 0 Å². The highest BCUT2D eigenvalue weighted by Gasteiger charge is 2.45. The molecular weight excluding hydrogens is 350 g/mol. The molecule has 1 fully saturated rings. The van der Waals surface area contributed by atoms with Crippen LogP contribution in [0.5, 0.6) is 0 Å². The minimum Gasteiger partial charge on any atom is -0.480 e. The van der Waals surface area contributed by atoms with E-state index in [1.165, 1.54) is 22.9 Å². The molecule has 1 saturated heterocycles. The first-order chi connectivity index (χ1) is 12.5. The summed E-state index contributed by atoms with van der Waals surface area (Å²) in [7, 11) is 0. The summed E-state index contributed by atoms with van der Waals surface area (Å²) in [5.41, 5.74) is 4.66. The summed E-state index contributed by atoms with van der Waals surface area (Å²) in [6.45, 7) is 1.92. The Balaban J connectivity index is 1.52. The van der Waals surface area contributed by atoms with Crippen LogP contribution < -0.4 is 5.32 Å². The van der Waals surface area contributed by atoms with Crippen LogP contribution in [0.3, 0.4) is 0 Å².